The van der Waals surface area contributed by atoms with Crippen LogP contribution in [0.15, 0.2) is 50.7 Å². The fourth-order valence-corrected chi connectivity index (χ4v) is 2.47. The number of aromatic nitrogens is 2. The van der Waals surface area contributed by atoms with Crippen molar-refractivity contribution in [3.8, 4) is 11.7 Å². The highest BCUT2D eigenvalue weighted by molar-refractivity contribution is 7.99. The Kier molecular flexibility index (Phi) is 4.47. The number of carbonyl (C=O) groups is 1. The Hall–Kier alpha value is -2.54. The number of thioether (sulfide) groups is 1. The molecule has 0 aliphatic carbocycles. The Balaban J connectivity index is 1.55. The second-order valence-electron chi connectivity index (χ2n) is 4.99. The minimum absolute atomic E-state index is 0.129. The van der Waals surface area contributed by atoms with Crippen LogP contribution in [0.5, 0.6) is 0 Å². The van der Waals surface area contributed by atoms with Gasteiger partial charge in [0.05, 0.1) is 12.0 Å². The van der Waals surface area contributed by atoms with E-state index < -0.39 is 0 Å². The number of nitrogens with zero attached hydrogens (tertiary/aromatic N) is 2. The van der Waals surface area contributed by atoms with Gasteiger partial charge in [-0.25, -0.2) is 0 Å². The van der Waals surface area contributed by atoms with Crippen molar-refractivity contribution in [1.82, 2.24) is 10.2 Å². The van der Waals surface area contributed by atoms with E-state index in [1.165, 1.54) is 23.6 Å². The molecule has 6 nitrogen and oxygen atoms in total. The molecular formula is C16H15N3O3S. The summed E-state index contributed by atoms with van der Waals surface area (Å²) in [6.07, 6.45) is 1.53. The molecule has 0 radical (unpaired) electrons. The first kappa shape index (κ1) is 15.4. The van der Waals surface area contributed by atoms with Crippen LogP contribution in [-0.4, -0.2) is 21.9 Å². The highest BCUT2D eigenvalue weighted by atomic mass is 32.2. The predicted molar refractivity (Wildman–Crippen MR) is 87.3 cm³/mol. The molecule has 0 saturated heterocycles. The van der Waals surface area contributed by atoms with Crippen LogP contribution in [0.2, 0.25) is 0 Å². The van der Waals surface area contributed by atoms with Crippen LogP contribution >= 0.6 is 11.8 Å². The molecule has 2 heterocycles. The fourth-order valence-electron chi connectivity index (χ4n) is 1.91. The number of hydrogen-bond donors (Lipinski definition) is 1. The normalized spacial score (nSPS) is 10.7. The lowest BCUT2D eigenvalue weighted by Crippen LogP contribution is -2.14. The summed E-state index contributed by atoms with van der Waals surface area (Å²) < 4.78 is 10.6. The molecule has 0 unspecified atom stereocenters. The van der Waals surface area contributed by atoms with Crippen LogP contribution in [0.4, 0.5) is 5.69 Å². The van der Waals surface area contributed by atoms with Crippen LogP contribution < -0.4 is 5.32 Å². The molecule has 0 fully saturated rings. The molecule has 0 atom stereocenters. The number of anilines is 1. The zero-order valence-electron chi connectivity index (χ0n) is 12.7. The van der Waals surface area contributed by atoms with Gasteiger partial charge in [-0.05, 0) is 49.2 Å². The van der Waals surface area contributed by atoms with E-state index in [0.717, 1.165) is 11.3 Å². The second kappa shape index (κ2) is 6.70. The van der Waals surface area contributed by atoms with E-state index in [9.17, 15) is 4.79 Å². The van der Waals surface area contributed by atoms with Crippen LogP contribution in [0.25, 0.3) is 11.7 Å². The minimum Gasteiger partial charge on any atom is -0.459 e. The topological polar surface area (TPSA) is 81.2 Å². The molecule has 1 amide bonds. The smallest absolute Gasteiger partial charge is 0.284 e. The maximum atomic E-state index is 12.0. The van der Waals surface area contributed by atoms with Crippen LogP contribution in [-0.2, 0) is 4.79 Å². The zero-order chi connectivity index (χ0) is 16.2. The number of hydrogen-bond acceptors (Lipinski definition) is 6. The van der Waals surface area contributed by atoms with Crippen LogP contribution in [0.3, 0.4) is 0 Å². The molecule has 118 valence electrons. The number of nitrogens with one attached hydrogen (secondary N) is 1. The van der Waals surface area contributed by atoms with Gasteiger partial charge in [0.15, 0.2) is 5.76 Å². The average Bonchev–Trinajstić information content (AvgIpc) is 3.19. The molecule has 0 saturated carbocycles. The summed E-state index contributed by atoms with van der Waals surface area (Å²) in [5.41, 5.74) is 3.10. The van der Waals surface area contributed by atoms with E-state index >= 15 is 0 Å². The lowest BCUT2D eigenvalue weighted by molar-refractivity contribution is -0.113. The van der Waals surface area contributed by atoms with Crippen molar-refractivity contribution in [1.29, 1.82) is 0 Å². The lowest BCUT2D eigenvalue weighted by atomic mass is 10.1. The maximum Gasteiger partial charge on any atom is 0.284 e. The summed E-state index contributed by atoms with van der Waals surface area (Å²) in [5, 5.41) is 10.9. The molecule has 23 heavy (non-hydrogen) atoms. The van der Waals surface area contributed by atoms with E-state index in [1.54, 1.807) is 12.1 Å². The lowest BCUT2D eigenvalue weighted by Gasteiger charge is -2.06. The van der Waals surface area contributed by atoms with Gasteiger partial charge in [-0.15, -0.1) is 10.2 Å². The Morgan fingerprint density at radius 2 is 2.09 bits per heavy atom. The minimum atomic E-state index is -0.129. The first-order chi connectivity index (χ1) is 11.1. The number of benzene rings is 1. The van der Waals surface area contributed by atoms with Crippen molar-refractivity contribution in [3.63, 3.8) is 0 Å². The molecule has 7 heteroatoms. The SMILES string of the molecule is Cc1ccc(NC(=O)CSc2nnc(-c3ccco3)o2)cc1C. The summed E-state index contributed by atoms with van der Waals surface area (Å²) in [4.78, 5) is 12.0. The quantitative estimate of drug-likeness (QED) is 0.719. The number of furan rings is 1. The highest BCUT2D eigenvalue weighted by Crippen LogP contribution is 2.23. The standard InChI is InChI=1S/C16H15N3O3S/c1-10-5-6-12(8-11(10)2)17-14(20)9-23-16-19-18-15(22-16)13-4-3-7-21-13/h3-8H,9H2,1-2H3,(H,17,20). The molecule has 2 aromatic heterocycles. The monoisotopic (exact) mass is 329 g/mol. The zero-order valence-corrected chi connectivity index (χ0v) is 13.5. The molecule has 0 bridgehead atoms. The number of aryl methyl sites for hydroxylation is 2. The van der Waals surface area contributed by atoms with Gasteiger partial charge in [0.25, 0.3) is 11.1 Å². The molecule has 3 rings (SSSR count). The Labute approximate surface area is 137 Å². The van der Waals surface area contributed by atoms with Gasteiger partial charge >= 0.3 is 0 Å². The molecule has 0 aliphatic rings. The molecule has 3 aromatic rings. The number of amides is 1. The van der Waals surface area contributed by atoms with Crippen molar-refractivity contribution in [2.24, 2.45) is 0 Å². The van der Waals surface area contributed by atoms with E-state index in [0.29, 0.717) is 16.9 Å². The van der Waals surface area contributed by atoms with Crippen molar-refractivity contribution in [2.45, 2.75) is 19.1 Å². The van der Waals surface area contributed by atoms with Gasteiger partial charge in [0.2, 0.25) is 5.91 Å². The van der Waals surface area contributed by atoms with Gasteiger partial charge in [-0.3, -0.25) is 4.79 Å². The Bertz CT molecular complexity index is 812. The Morgan fingerprint density at radius 1 is 1.22 bits per heavy atom. The summed E-state index contributed by atoms with van der Waals surface area (Å²) in [6, 6.07) is 9.27. The third-order valence-electron chi connectivity index (χ3n) is 3.26. The third kappa shape index (κ3) is 3.81. The predicted octanol–water partition coefficient (Wildman–Crippen LogP) is 3.68. The summed E-state index contributed by atoms with van der Waals surface area (Å²) >= 11 is 1.18. The molecule has 0 aliphatic heterocycles. The Morgan fingerprint density at radius 3 is 2.83 bits per heavy atom. The van der Waals surface area contributed by atoms with Gasteiger partial charge in [0.1, 0.15) is 0 Å². The largest absolute Gasteiger partial charge is 0.459 e. The van der Waals surface area contributed by atoms with Gasteiger partial charge in [0, 0.05) is 5.69 Å². The summed E-state index contributed by atoms with van der Waals surface area (Å²) in [7, 11) is 0. The summed E-state index contributed by atoms with van der Waals surface area (Å²) in [5.74, 6) is 0.860. The number of rotatable bonds is 5. The number of carbonyl (C=O) groups excluding carboxylic acids is 1. The van der Waals surface area contributed by atoms with Gasteiger partial charge in [-0.2, -0.15) is 0 Å². The average molecular weight is 329 g/mol. The van der Waals surface area contributed by atoms with Gasteiger partial charge in [-0.1, -0.05) is 17.8 Å². The fraction of sp³-hybridized carbons (Fsp3) is 0.188. The van der Waals surface area contributed by atoms with E-state index in [4.69, 9.17) is 8.83 Å². The van der Waals surface area contributed by atoms with Crippen LogP contribution in [0, 0.1) is 13.8 Å². The highest BCUT2D eigenvalue weighted by Gasteiger charge is 2.13. The van der Waals surface area contributed by atoms with Gasteiger partial charge < -0.3 is 14.2 Å². The summed E-state index contributed by atoms with van der Waals surface area (Å²) in [6.45, 7) is 4.04. The van der Waals surface area contributed by atoms with E-state index in [2.05, 4.69) is 15.5 Å². The molecule has 0 spiro atoms. The van der Waals surface area contributed by atoms with Crippen molar-refractivity contribution >= 4 is 23.4 Å². The molecular weight excluding hydrogens is 314 g/mol. The van der Waals surface area contributed by atoms with E-state index in [-0.39, 0.29) is 11.7 Å². The third-order valence-corrected chi connectivity index (χ3v) is 4.07. The second-order valence-corrected chi connectivity index (χ2v) is 5.91. The molecule has 1 aromatic carbocycles. The first-order valence-electron chi connectivity index (χ1n) is 6.99. The maximum absolute atomic E-state index is 12.0. The first-order valence-corrected chi connectivity index (χ1v) is 7.97. The van der Waals surface area contributed by atoms with E-state index in [1.807, 2.05) is 32.0 Å². The van der Waals surface area contributed by atoms with Crippen molar-refractivity contribution < 1.29 is 13.6 Å². The van der Waals surface area contributed by atoms with Crippen molar-refractivity contribution in [2.75, 3.05) is 11.1 Å². The van der Waals surface area contributed by atoms with Crippen molar-refractivity contribution in [3.05, 3.63) is 47.7 Å². The molecule has 1 N–H and O–H groups in total. The van der Waals surface area contributed by atoms with Crippen LogP contribution in [0.1, 0.15) is 11.1 Å².